The van der Waals surface area contributed by atoms with E-state index in [0.29, 0.717) is 35.7 Å². The van der Waals surface area contributed by atoms with E-state index in [2.05, 4.69) is 25.7 Å². The summed E-state index contributed by atoms with van der Waals surface area (Å²) < 4.78 is 5.05. The van der Waals surface area contributed by atoms with Crippen LogP contribution in [0.2, 0.25) is 0 Å². The number of aliphatic hydroxyl groups is 1. The van der Waals surface area contributed by atoms with Gasteiger partial charge in [-0.2, -0.15) is 0 Å². The van der Waals surface area contributed by atoms with Crippen LogP contribution in [0.5, 0.6) is 0 Å². The zero-order chi connectivity index (χ0) is 25.7. The first kappa shape index (κ1) is 25.5. The van der Waals surface area contributed by atoms with E-state index >= 15 is 0 Å². The maximum atomic E-state index is 12.4. The SMILES string of the molecule is CCOC(=O)c1ccc(C#C[C@@]2(O)CC[C@]3(C)C4CC[C@@]5(C)C(CC[C@@H]5C(C)=O)C4CC[C@@H]3C2)cc1. The average Bonchev–Trinajstić information content (AvgIpc) is 3.21. The van der Waals surface area contributed by atoms with Crippen molar-refractivity contribution in [2.24, 2.45) is 40.4 Å². The molecule has 4 nitrogen and oxygen atoms in total. The third kappa shape index (κ3) is 4.22. The quantitative estimate of drug-likeness (QED) is 0.405. The summed E-state index contributed by atoms with van der Waals surface area (Å²) >= 11 is 0. The topological polar surface area (TPSA) is 63.6 Å². The highest BCUT2D eigenvalue weighted by molar-refractivity contribution is 5.89. The lowest BCUT2D eigenvalue weighted by Crippen LogP contribution is -2.56. The number of hydrogen-bond donors (Lipinski definition) is 1. The molecule has 194 valence electrons. The summed E-state index contributed by atoms with van der Waals surface area (Å²) in [6.07, 6.45) is 9.58. The lowest BCUT2D eigenvalue weighted by molar-refractivity contribution is -0.144. The Morgan fingerprint density at radius 3 is 2.39 bits per heavy atom. The van der Waals surface area contributed by atoms with Crippen LogP contribution >= 0.6 is 0 Å². The molecule has 36 heavy (non-hydrogen) atoms. The third-order valence-electron chi connectivity index (χ3n) is 11.1. The number of ether oxygens (including phenoxy) is 1. The first-order valence-electron chi connectivity index (χ1n) is 14.1. The zero-order valence-corrected chi connectivity index (χ0v) is 22.4. The molecular weight excluding hydrogens is 448 g/mol. The van der Waals surface area contributed by atoms with Gasteiger partial charge < -0.3 is 9.84 Å². The number of ketones is 1. The molecule has 0 aliphatic heterocycles. The molecule has 0 bridgehead atoms. The van der Waals surface area contributed by atoms with Crippen molar-refractivity contribution in [3.63, 3.8) is 0 Å². The minimum atomic E-state index is -0.951. The van der Waals surface area contributed by atoms with Crippen molar-refractivity contribution in [1.29, 1.82) is 0 Å². The van der Waals surface area contributed by atoms with Crippen LogP contribution in [0.4, 0.5) is 0 Å². The van der Waals surface area contributed by atoms with Gasteiger partial charge in [0.25, 0.3) is 0 Å². The lowest BCUT2D eigenvalue weighted by Gasteiger charge is -2.61. The molecule has 4 heteroatoms. The molecule has 0 saturated heterocycles. The second kappa shape index (κ2) is 9.32. The van der Waals surface area contributed by atoms with Crippen molar-refractivity contribution < 1.29 is 19.4 Å². The molecule has 0 heterocycles. The third-order valence-corrected chi connectivity index (χ3v) is 11.1. The van der Waals surface area contributed by atoms with Crippen molar-refractivity contribution >= 4 is 11.8 Å². The summed E-state index contributed by atoms with van der Waals surface area (Å²) in [5.41, 5.74) is 0.828. The maximum absolute atomic E-state index is 12.4. The normalized spacial score (nSPS) is 41.2. The highest BCUT2D eigenvalue weighted by Gasteiger charge is 2.61. The Bertz CT molecular complexity index is 1080. The number of Topliss-reactive ketones (excluding diaryl/α,β-unsaturated/α-hetero) is 1. The fraction of sp³-hybridized carbons (Fsp3) is 0.688. The summed E-state index contributed by atoms with van der Waals surface area (Å²) in [5, 5.41) is 11.5. The fourth-order valence-electron chi connectivity index (χ4n) is 9.12. The Labute approximate surface area is 216 Å². The van der Waals surface area contributed by atoms with Crippen LogP contribution in [0.1, 0.15) is 101 Å². The fourth-order valence-corrected chi connectivity index (χ4v) is 9.12. The van der Waals surface area contributed by atoms with Gasteiger partial charge in [0.05, 0.1) is 12.2 Å². The van der Waals surface area contributed by atoms with Crippen molar-refractivity contribution in [3.8, 4) is 11.8 Å². The molecule has 5 rings (SSSR count). The molecule has 3 unspecified atom stereocenters. The monoisotopic (exact) mass is 490 g/mol. The molecule has 4 aliphatic carbocycles. The van der Waals surface area contributed by atoms with E-state index in [0.717, 1.165) is 43.6 Å². The molecule has 0 radical (unpaired) electrons. The number of benzene rings is 1. The predicted molar refractivity (Wildman–Crippen MR) is 140 cm³/mol. The van der Waals surface area contributed by atoms with E-state index in [1.165, 1.54) is 25.7 Å². The Kier molecular flexibility index (Phi) is 6.61. The van der Waals surface area contributed by atoms with E-state index < -0.39 is 5.60 Å². The number of esters is 1. The second-order valence-electron chi connectivity index (χ2n) is 12.7. The van der Waals surface area contributed by atoms with Gasteiger partial charge in [-0.1, -0.05) is 25.7 Å². The van der Waals surface area contributed by atoms with Gasteiger partial charge in [0, 0.05) is 11.5 Å². The van der Waals surface area contributed by atoms with E-state index in [1.54, 1.807) is 26.0 Å². The Morgan fingerprint density at radius 1 is 0.972 bits per heavy atom. The standard InChI is InChI=1S/C32H42O4/c1-5-36-29(34)23-8-6-22(7-9-23)14-17-32(35)19-18-30(3)24(20-32)10-11-25-27-13-12-26(21(2)33)31(27,4)16-15-28(25)30/h6-9,24-28,35H,5,10-13,15-16,18-20H2,1-4H3/t24-,25?,26-,27?,28?,30+,31-,32-/m1/s1. The molecule has 1 aromatic rings. The van der Waals surface area contributed by atoms with Crippen LogP contribution in [-0.4, -0.2) is 29.1 Å². The smallest absolute Gasteiger partial charge is 0.338 e. The van der Waals surface area contributed by atoms with Crippen LogP contribution in [0.25, 0.3) is 0 Å². The number of fused-ring (bicyclic) bond motifs is 5. The number of hydrogen-bond acceptors (Lipinski definition) is 4. The van der Waals surface area contributed by atoms with Crippen LogP contribution in [-0.2, 0) is 9.53 Å². The average molecular weight is 491 g/mol. The highest BCUT2D eigenvalue weighted by atomic mass is 16.5. The summed E-state index contributed by atoms with van der Waals surface area (Å²) in [6, 6.07) is 7.13. The second-order valence-corrected chi connectivity index (χ2v) is 12.7. The molecule has 1 aromatic carbocycles. The highest BCUT2D eigenvalue weighted by Crippen LogP contribution is 2.68. The zero-order valence-electron chi connectivity index (χ0n) is 22.4. The predicted octanol–water partition coefficient (Wildman–Crippen LogP) is 6.19. The van der Waals surface area contributed by atoms with Crippen molar-refractivity contribution in [2.75, 3.05) is 6.61 Å². The van der Waals surface area contributed by atoms with Gasteiger partial charge in [0.2, 0.25) is 0 Å². The molecule has 0 amide bonds. The molecule has 0 spiro atoms. The molecule has 4 saturated carbocycles. The minimum Gasteiger partial charge on any atom is -0.462 e. The van der Waals surface area contributed by atoms with E-state index in [1.807, 2.05) is 12.1 Å². The van der Waals surface area contributed by atoms with Crippen molar-refractivity contribution in [3.05, 3.63) is 35.4 Å². The van der Waals surface area contributed by atoms with Gasteiger partial charge in [-0.3, -0.25) is 4.79 Å². The van der Waals surface area contributed by atoms with Crippen LogP contribution in [0.15, 0.2) is 24.3 Å². The number of carbonyl (C=O) groups excluding carboxylic acids is 2. The summed E-state index contributed by atoms with van der Waals surface area (Å²) in [5.74, 6) is 9.34. The van der Waals surface area contributed by atoms with Gasteiger partial charge in [-0.05, 0) is 130 Å². The van der Waals surface area contributed by atoms with E-state index in [4.69, 9.17) is 4.74 Å². The number of rotatable bonds is 3. The first-order valence-corrected chi connectivity index (χ1v) is 14.1. The maximum Gasteiger partial charge on any atom is 0.338 e. The van der Waals surface area contributed by atoms with Crippen LogP contribution in [0.3, 0.4) is 0 Å². The van der Waals surface area contributed by atoms with Gasteiger partial charge >= 0.3 is 5.97 Å². The van der Waals surface area contributed by atoms with Gasteiger partial charge in [-0.25, -0.2) is 4.79 Å². The van der Waals surface area contributed by atoms with Crippen LogP contribution in [0, 0.1) is 52.3 Å². The molecule has 4 fully saturated rings. The number of carbonyl (C=O) groups is 2. The Morgan fingerprint density at radius 2 is 1.69 bits per heavy atom. The van der Waals surface area contributed by atoms with E-state index in [-0.39, 0.29) is 22.7 Å². The summed E-state index contributed by atoms with van der Waals surface area (Å²) in [4.78, 5) is 24.3. The van der Waals surface area contributed by atoms with Crippen LogP contribution < -0.4 is 0 Å². The minimum absolute atomic E-state index is 0.194. The van der Waals surface area contributed by atoms with Gasteiger partial charge in [0.15, 0.2) is 0 Å². The summed E-state index contributed by atoms with van der Waals surface area (Å²) in [6.45, 7) is 8.86. The van der Waals surface area contributed by atoms with Crippen molar-refractivity contribution in [2.45, 2.75) is 91.1 Å². The largest absolute Gasteiger partial charge is 0.462 e. The molecular formula is C32H42O4. The Hall–Kier alpha value is -2.12. The van der Waals surface area contributed by atoms with Crippen molar-refractivity contribution in [1.82, 2.24) is 0 Å². The van der Waals surface area contributed by atoms with Gasteiger partial charge in [-0.15, -0.1) is 0 Å². The summed E-state index contributed by atoms with van der Waals surface area (Å²) in [7, 11) is 0. The molecule has 1 N–H and O–H groups in total. The molecule has 0 aromatic heterocycles. The first-order chi connectivity index (χ1) is 17.1. The van der Waals surface area contributed by atoms with Gasteiger partial charge in [0.1, 0.15) is 11.4 Å². The molecule has 4 aliphatic rings. The van der Waals surface area contributed by atoms with E-state index in [9.17, 15) is 14.7 Å². The molecule has 8 atom stereocenters. The lowest BCUT2D eigenvalue weighted by atomic mass is 9.44. The Balaban J connectivity index is 1.29.